The van der Waals surface area contributed by atoms with Crippen LogP contribution in [0.25, 0.3) is 11.5 Å². The largest absolute Gasteiger partial charge is 0.497 e. The first-order valence-electron chi connectivity index (χ1n) is 8.91. The van der Waals surface area contributed by atoms with Crippen molar-refractivity contribution in [2.24, 2.45) is 0 Å². The SMILES string of the molecule is COc1ccc(-c2nnc(CN3CCN(c4ccc(F)cc4)CC3)o2)cc1. The van der Waals surface area contributed by atoms with Crippen LogP contribution in [0, 0.1) is 5.82 Å². The van der Waals surface area contributed by atoms with E-state index in [0.29, 0.717) is 18.3 Å². The average Bonchev–Trinajstić information content (AvgIpc) is 3.18. The van der Waals surface area contributed by atoms with Gasteiger partial charge in [-0.2, -0.15) is 0 Å². The highest BCUT2D eigenvalue weighted by molar-refractivity contribution is 5.54. The Morgan fingerprint density at radius 2 is 1.67 bits per heavy atom. The second kappa shape index (κ2) is 7.75. The highest BCUT2D eigenvalue weighted by Crippen LogP contribution is 2.22. The molecule has 0 radical (unpaired) electrons. The number of methoxy groups -OCH3 is 1. The summed E-state index contributed by atoms with van der Waals surface area (Å²) in [5.74, 6) is 1.70. The van der Waals surface area contributed by atoms with Crippen LogP contribution in [0.1, 0.15) is 5.89 Å². The van der Waals surface area contributed by atoms with E-state index in [1.807, 2.05) is 36.4 Å². The zero-order valence-electron chi connectivity index (χ0n) is 15.1. The monoisotopic (exact) mass is 368 g/mol. The van der Waals surface area contributed by atoms with Crippen molar-refractivity contribution in [3.8, 4) is 17.2 Å². The number of nitrogens with zero attached hydrogens (tertiary/aromatic N) is 4. The van der Waals surface area contributed by atoms with E-state index >= 15 is 0 Å². The minimum atomic E-state index is -0.207. The van der Waals surface area contributed by atoms with Crippen molar-refractivity contribution in [2.75, 3.05) is 38.2 Å². The summed E-state index contributed by atoms with van der Waals surface area (Å²) >= 11 is 0. The predicted octanol–water partition coefficient (Wildman–Crippen LogP) is 3.21. The van der Waals surface area contributed by atoms with Crippen molar-refractivity contribution >= 4 is 5.69 Å². The summed E-state index contributed by atoms with van der Waals surface area (Å²) < 4.78 is 24.0. The molecule has 1 saturated heterocycles. The molecule has 0 N–H and O–H groups in total. The van der Waals surface area contributed by atoms with Crippen LogP contribution in [0.4, 0.5) is 10.1 Å². The molecule has 0 amide bonds. The first-order valence-corrected chi connectivity index (χ1v) is 8.91. The van der Waals surface area contributed by atoms with Crippen molar-refractivity contribution in [1.29, 1.82) is 0 Å². The van der Waals surface area contributed by atoms with E-state index in [-0.39, 0.29) is 5.82 Å². The highest BCUT2D eigenvalue weighted by atomic mass is 19.1. The third kappa shape index (κ3) is 4.09. The molecule has 7 heteroatoms. The molecule has 0 saturated carbocycles. The van der Waals surface area contributed by atoms with Crippen LogP contribution in [0.2, 0.25) is 0 Å². The standard InChI is InChI=1S/C20H21FN4O2/c1-26-18-8-2-15(3-9-18)20-23-22-19(27-20)14-24-10-12-25(13-11-24)17-6-4-16(21)5-7-17/h2-9H,10-14H2,1H3. The Bertz CT molecular complexity index is 872. The maximum atomic E-state index is 13.1. The van der Waals surface area contributed by atoms with Gasteiger partial charge in [0.1, 0.15) is 11.6 Å². The van der Waals surface area contributed by atoms with Crippen molar-refractivity contribution in [1.82, 2.24) is 15.1 Å². The van der Waals surface area contributed by atoms with Gasteiger partial charge < -0.3 is 14.1 Å². The van der Waals surface area contributed by atoms with Crippen molar-refractivity contribution < 1.29 is 13.5 Å². The highest BCUT2D eigenvalue weighted by Gasteiger charge is 2.19. The van der Waals surface area contributed by atoms with E-state index in [4.69, 9.17) is 9.15 Å². The summed E-state index contributed by atoms with van der Waals surface area (Å²) in [4.78, 5) is 4.54. The van der Waals surface area contributed by atoms with Gasteiger partial charge in [-0.1, -0.05) is 0 Å². The van der Waals surface area contributed by atoms with Crippen molar-refractivity contribution in [3.63, 3.8) is 0 Å². The minimum Gasteiger partial charge on any atom is -0.497 e. The van der Waals surface area contributed by atoms with Gasteiger partial charge in [-0.15, -0.1) is 10.2 Å². The molecule has 2 heterocycles. The van der Waals surface area contributed by atoms with E-state index < -0.39 is 0 Å². The molecular weight excluding hydrogens is 347 g/mol. The van der Waals surface area contributed by atoms with Gasteiger partial charge in [0.05, 0.1) is 13.7 Å². The number of anilines is 1. The number of benzene rings is 2. The number of rotatable bonds is 5. The molecular formula is C20H21FN4O2. The zero-order valence-corrected chi connectivity index (χ0v) is 15.1. The van der Waals surface area contributed by atoms with Crippen molar-refractivity contribution in [2.45, 2.75) is 6.54 Å². The molecule has 1 fully saturated rings. The van der Waals surface area contributed by atoms with Gasteiger partial charge in [0.2, 0.25) is 11.8 Å². The lowest BCUT2D eigenvalue weighted by molar-refractivity contribution is 0.227. The summed E-state index contributed by atoms with van der Waals surface area (Å²) in [6.07, 6.45) is 0. The lowest BCUT2D eigenvalue weighted by Crippen LogP contribution is -2.46. The topological polar surface area (TPSA) is 54.6 Å². The van der Waals surface area contributed by atoms with Crippen LogP contribution < -0.4 is 9.64 Å². The lowest BCUT2D eigenvalue weighted by atomic mass is 10.2. The Kier molecular flexibility index (Phi) is 5.02. The van der Waals surface area contributed by atoms with Gasteiger partial charge in [0.15, 0.2) is 0 Å². The Hall–Kier alpha value is -2.93. The van der Waals surface area contributed by atoms with E-state index in [0.717, 1.165) is 43.2 Å². The van der Waals surface area contributed by atoms with Crippen LogP contribution in [0.15, 0.2) is 52.9 Å². The van der Waals surface area contributed by atoms with Gasteiger partial charge in [0, 0.05) is 37.4 Å². The third-order valence-corrected chi connectivity index (χ3v) is 4.73. The molecule has 0 aliphatic carbocycles. The molecule has 2 aromatic carbocycles. The summed E-state index contributed by atoms with van der Waals surface area (Å²) in [6, 6.07) is 14.2. The van der Waals surface area contributed by atoms with Gasteiger partial charge in [0.25, 0.3) is 0 Å². The number of halogens is 1. The van der Waals surface area contributed by atoms with Gasteiger partial charge >= 0.3 is 0 Å². The number of hydrogen-bond acceptors (Lipinski definition) is 6. The Balaban J connectivity index is 1.34. The van der Waals surface area contributed by atoms with Crippen LogP contribution in [0.5, 0.6) is 5.75 Å². The second-order valence-corrected chi connectivity index (χ2v) is 6.47. The summed E-state index contributed by atoms with van der Waals surface area (Å²) in [7, 11) is 1.63. The fourth-order valence-electron chi connectivity index (χ4n) is 3.18. The van der Waals surface area contributed by atoms with Crippen molar-refractivity contribution in [3.05, 3.63) is 60.2 Å². The molecule has 0 spiro atoms. The second-order valence-electron chi connectivity index (χ2n) is 6.47. The number of aromatic nitrogens is 2. The van der Waals surface area contributed by atoms with Gasteiger partial charge in [-0.25, -0.2) is 4.39 Å². The van der Waals surface area contributed by atoms with Gasteiger partial charge in [-0.3, -0.25) is 4.90 Å². The Labute approximate surface area is 157 Å². The average molecular weight is 368 g/mol. The number of hydrogen-bond donors (Lipinski definition) is 0. The number of piperazine rings is 1. The lowest BCUT2D eigenvalue weighted by Gasteiger charge is -2.35. The molecule has 27 heavy (non-hydrogen) atoms. The first-order chi connectivity index (χ1) is 13.2. The van der Waals surface area contributed by atoms with Crippen LogP contribution in [-0.4, -0.2) is 48.4 Å². The first kappa shape index (κ1) is 17.5. The molecule has 0 unspecified atom stereocenters. The fraction of sp³-hybridized carbons (Fsp3) is 0.300. The smallest absolute Gasteiger partial charge is 0.247 e. The van der Waals surface area contributed by atoms with Crippen LogP contribution >= 0.6 is 0 Å². The maximum absolute atomic E-state index is 13.1. The Morgan fingerprint density at radius 3 is 2.33 bits per heavy atom. The van der Waals surface area contributed by atoms with Crippen LogP contribution in [0.3, 0.4) is 0 Å². The molecule has 1 aromatic heterocycles. The molecule has 0 bridgehead atoms. The van der Waals surface area contributed by atoms with Crippen LogP contribution in [-0.2, 0) is 6.54 Å². The van der Waals surface area contributed by atoms with E-state index in [9.17, 15) is 4.39 Å². The van der Waals surface area contributed by atoms with E-state index in [2.05, 4.69) is 20.0 Å². The Morgan fingerprint density at radius 1 is 0.963 bits per heavy atom. The molecule has 1 aliphatic rings. The normalized spacial score (nSPS) is 15.1. The van der Waals surface area contributed by atoms with E-state index in [1.165, 1.54) is 12.1 Å². The zero-order chi connectivity index (χ0) is 18.6. The molecule has 140 valence electrons. The van der Waals surface area contributed by atoms with Gasteiger partial charge in [-0.05, 0) is 48.5 Å². The predicted molar refractivity (Wildman–Crippen MR) is 100 cm³/mol. The number of ether oxygens (including phenoxy) is 1. The molecule has 6 nitrogen and oxygen atoms in total. The quantitative estimate of drug-likeness (QED) is 0.689. The molecule has 1 aliphatic heterocycles. The summed E-state index contributed by atoms with van der Waals surface area (Å²) in [6.45, 7) is 4.16. The third-order valence-electron chi connectivity index (χ3n) is 4.73. The van der Waals surface area contributed by atoms with E-state index in [1.54, 1.807) is 7.11 Å². The molecule has 3 aromatic rings. The summed E-state index contributed by atoms with van der Waals surface area (Å²) in [5, 5.41) is 8.32. The minimum absolute atomic E-state index is 0.207. The molecule has 0 atom stereocenters. The fourth-order valence-corrected chi connectivity index (χ4v) is 3.18. The summed E-state index contributed by atoms with van der Waals surface area (Å²) in [5.41, 5.74) is 1.92. The maximum Gasteiger partial charge on any atom is 0.247 e. The molecule has 4 rings (SSSR count).